The Morgan fingerprint density at radius 2 is 1.69 bits per heavy atom. The topological polar surface area (TPSA) is 83.2 Å². The highest BCUT2D eigenvalue weighted by Gasteiger charge is 2.22. The number of ketones is 1. The van der Waals surface area contributed by atoms with Crippen LogP contribution in [0.3, 0.4) is 0 Å². The highest BCUT2D eigenvalue weighted by atomic mass is 19.1. The first kappa shape index (κ1) is 25.0. The molecule has 4 rings (SSSR count). The van der Waals surface area contributed by atoms with E-state index in [0.717, 1.165) is 30.6 Å². The second kappa shape index (κ2) is 10.7. The summed E-state index contributed by atoms with van der Waals surface area (Å²) in [5.41, 5.74) is 2.33. The zero-order chi connectivity index (χ0) is 25.8. The van der Waals surface area contributed by atoms with Gasteiger partial charge in [-0.1, -0.05) is 38.0 Å². The second-order valence-electron chi connectivity index (χ2n) is 8.73. The first-order chi connectivity index (χ1) is 17.3. The van der Waals surface area contributed by atoms with Crippen LogP contribution in [0.1, 0.15) is 58.4 Å². The number of hydrogen-bond acceptors (Lipinski definition) is 5. The Morgan fingerprint density at radius 1 is 1.00 bits per heavy atom. The van der Waals surface area contributed by atoms with Gasteiger partial charge in [-0.2, -0.15) is 5.10 Å². The summed E-state index contributed by atoms with van der Waals surface area (Å²) in [5.74, 6) is -1.48. The van der Waals surface area contributed by atoms with Crippen molar-refractivity contribution in [3.05, 3.63) is 93.4 Å². The smallest absolute Gasteiger partial charge is 0.359 e. The van der Waals surface area contributed by atoms with Gasteiger partial charge in [-0.15, -0.1) is 0 Å². The fourth-order valence-electron chi connectivity index (χ4n) is 4.36. The number of esters is 1. The number of carbonyl (C=O) groups excluding carboxylic acids is 2. The standard InChI is InChI=1S/C28H28FN3O4/c1-4-5-8-15-31-27(34)23-10-7-6-9-22(23)26(30-31)28(35)36-17-25(33)24-16-18(2)32(19(24)3)21-13-11-20(29)12-14-21/h6-7,9-14,16H,4-5,8,15,17H2,1-3H3. The zero-order valence-electron chi connectivity index (χ0n) is 20.6. The number of aromatic nitrogens is 3. The van der Waals surface area contributed by atoms with E-state index in [4.69, 9.17) is 4.74 Å². The fourth-order valence-corrected chi connectivity index (χ4v) is 4.36. The van der Waals surface area contributed by atoms with Gasteiger partial charge in [0.15, 0.2) is 12.3 Å². The lowest BCUT2D eigenvalue weighted by Gasteiger charge is -2.11. The second-order valence-corrected chi connectivity index (χ2v) is 8.73. The van der Waals surface area contributed by atoms with Gasteiger partial charge in [-0.25, -0.2) is 13.9 Å². The molecule has 0 atom stereocenters. The maximum absolute atomic E-state index is 13.3. The number of aryl methyl sites for hydroxylation is 2. The molecular weight excluding hydrogens is 461 g/mol. The number of unbranched alkanes of at least 4 members (excludes halogenated alkanes) is 2. The molecule has 0 aliphatic rings. The van der Waals surface area contributed by atoms with E-state index in [-0.39, 0.29) is 22.9 Å². The molecule has 0 unspecified atom stereocenters. The quantitative estimate of drug-likeness (QED) is 0.184. The molecule has 0 saturated carbocycles. The summed E-state index contributed by atoms with van der Waals surface area (Å²) in [6.07, 6.45) is 2.69. The molecule has 4 aromatic rings. The van der Waals surface area contributed by atoms with Gasteiger partial charge in [0.2, 0.25) is 5.78 Å². The van der Waals surface area contributed by atoms with Gasteiger partial charge in [0.05, 0.1) is 5.39 Å². The van der Waals surface area contributed by atoms with Crippen LogP contribution in [0.4, 0.5) is 4.39 Å². The molecule has 0 fully saturated rings. The Hall–Kier alpha value is -4.07. The molecular formula is C28H28FN3O4. The van der Waals surface area contributed by atoms with Crippen molar-refractivity contribution in [1.29, 1.82) is 0 Å². The third-order valence-corrected chi connectivity index (χ3v) is 6.19. The molecule has 0 saturated heterocycles. The predicted octanol–water partition coefficient (Wildman–Crippen LogP) is 5.17. The summed E-state index contributed by atoms with van der Waals surface area (Å²) < 4.78 is 21.9. The molecule has 36 heavy (non-hydrogen) atoms. The van der Waals surface area contributed by atoms with Crippen molar-refractivity contribution in [3.63, 3.8) is 0 Å². The summed E-state index contributed by atoms with van der Waals surface area (Å²) in [6, 6.07) is 14.5. The van der Waals surface area contributed by atoms with E-state index in [1.807, 2.05) is 11.5 Å². The van der Waals surface area contributed by atoms with Crippen molar-refractivity contribution in [3.8, 4) is 5.69 Å². The van der Waals surface area contributed by atoms with Gasteiger partial charge < -0.3 is 9.30 Å². The SMILES string of the molecule is CCCCCn1nc(C(=O)OCC(=O)c2cc(C)n(-c3ccc(F)cc3)c2C)c2ccccc2c1=O. The van der Waals surface area contributed by atoms with E-state index < -0.39 is 12.6 Å². The number of halogens is 1. The Balaban J connectivity index is 1.57. The highest BCUT2D eigenvalue weighted by molar-refractivity contribution is 6.04. The molecule has 2 aromatic heterocycles. The molecule has 0 radical (unpaired) electrons. The van der Waals surface area contributed by atoms with Crippen LogP contribution in [0.15, 0.2) is 59.4 Å². The van der Waals surface area contributed by atoms with E-state index >= 15 is 0 Å². The van der Waals surface area contributed by atoms with Crippen LogP contribution in [0.2, 0.25) is 0 Å². The van der Waals surface area contributed by atoms with Crippen molar-refractivity contribution >= 4 is 22.5 Å². The van der Waals surface area contributed by atoms with E-state index in [1.165, 1.54) is 16.8 Å². The van der Waals surface area contributed by atoms with Crippen LogP contribution < -0.4 is 5.56 Å². The maximum Gasteiger partial charge on any atom is 0.359 e. The predicted molar refractivity (Wildman–Crippen MR) is 135 cm³/mol. The minimum atomic E-state index is -0.767. The van der Waals surface area contributed by atoms with Gasteiger partial charge in [-0.3, -0.25) is 9.59 Å². The lowest BCUT2D eigenvalue weighted by molar-refractivity contribution is 0.0468. The Morgan fingerprint density at radius 3 is 2.39 bits per heavy atom. The first-order valence-corrected chi connectivity index (χ1v) is 12.0. The number of fused-ring (bicyclic) bond motifs is 1. The van der Waals surface area contributed by atoms with Crippen molar-refractivity contribution in [2.75, 3.05) is 6.61 Å². The van der Waals surface area contributed by atoms with Crippen LogP contribution in [0.25, 0.3) is 16.5 Å². The third kappa shape index (κ3) is 4.98. The summed E-state index contributed by atoms with van der Waals surface area (Å²) in [7, 11) is 0. The minimum Gasteiger partial charge on any atom is -0.452 e. The fraction of sp³-hybridized carbons (Fsp3) is 0.286. The van der Waals surface area contributed by atoms with Crippen LogP contribution in [-0.4, -0.2) is 32.7 Å². The molecule has 186 valence electrons. The normalized spacial score (nSPS) is 11.1. The molecule has 0 spiro atoms. The number of Topliss-reactive ketones (excluding diaryl/α,β-unsaturated/α-hetero) is 1. The zero-order valence-corrected chi connectivity index (χ0v) is 20.6. The summed E-state index contributed by atoms with van der Waals surface area (Å²) in [4.78, 5) is 38.8. The molecule has 0 aliphatic carbocycles. The average molecular weight is 490 g/mol. The van der Waals surface area contributed by atoms with Crippen molar-refractivity contribution in [2.24, 2.45) is 0 Å². The summed E-state index contributed by atoms with van der Waals surface area (Å²) in [6.45, 7) is 5.61. The van der Waals surface area contributed by atoms with Gasteiger partial charge >= 0.3 is 5.97 Å². The molecule has 2 heterocycles. The average Bonchev–Trinajstić information content (AvgIpc) is 3.18. The van der Waals surface area contributed by atoms with Crippen LogP contribution in [0.5, 0.6) is 0 Å². The van der Waals surface area contributed by atoms with Crippen molar-refractivity contribution in [2.45, 2.75) is 46.6 Å². The molecule has 8 heteroatoms. The monoisotopic (exact) mass is 489 g/mol. The van der Waals surface area contributed by atoms with Gasteiger partial charge in [0.1, 0.15) is 5.82 Å². The van der Waals surface area contributed by atoms with E-state index in [0.29, 0.717) is 28.6 Å². The molecule has 0 bridgehead atoms. The van der Waals surface area contributed by atoms with Crippen LogP contribution >= 0.6 is 0 Å². The Bertz CT molecular complexity index is 1490. The lowest BCUT2D eigenvalue weighted by Crippen LogP contribution is -2.27. The summed E-state index contributed by atoms with van der Waals surface area (Å²) >= 11 is 0. The number of hydrogen-bond donors (Lipinski definition) is 0. The number of benzene rings is 2. The van der Waals surface area contributed by atoms with Crippen molar-refractivity contribution in [1.82, 2.24) is 14.3 Å². The molecule has 0 N–H and O–H groups in total. The minimum absolute atomic E-state index is 0.00582. The van der Waals surface area contributed by atoms with Crippen LogP contribution in [-0.2, 0) is 11.3 Å². The molecule has 7 nitrogen and oxygen atoms in total. The molecule has 2 aromatic carbocycles. The largest absolute Gasteiger partial charge is 0.452 e. The summed E-state index contributed by atoms with van der Waals surface area (Å²) in [5, 5.41) is 5.06. The molecule has 0 aliphatic heterocycles. The maximum atomic E-state index is 13.3. The van der Waals surface area contributed by atoms with Gasteiger partial charge in [0.25, 0.3) is 5.56 Å². The van der Waals surface area contributed by atoms with E-state index in [1.54, 1.807) is 49.4 Å². The van der Waals surface area contributed by atoms with Crippen molar-refractivity contribution < 1.29 is 18.7 Å². The highest BCUT2D eigenvalue weighted by Crippen LogP contribution is 2.22. The first-order valence-electron chi connectivity index (χ1n) is 12.0. The lowest BCUT2D eigenvalue weighted by atomic mass is 10.1. The number of ether oxygens (including phenoxy) is 1. The Labute approximate surface area is 208 Å². The van der Waals surface area contributed by atoms with E-state index in [2.05, 4.69) is 12.0 Å². The van der Waals surface area contributed by atoms with Gasteiger partial charge in [-0.05, 0) is 56.7 Å². The third-order valence-electron chi connectivity index (χ3n) is 6.19. The Kier molecular flexibility index (Phi) is 7.43. The van der Waals surface area contributed by atoms with E-state index in [9.17, 15) is 18.8 Å². The molecule has 0 amide bonds. The number of carbonyl (C=O) groups is 2. The van der Waals surface area contributed by atoms with Crippen LogP contribution in [0, 0.1) is 19.7 Å². The number of nitrogens with zero attached hydrogens (tertiary/aromatic N) is 3. The number of rotatable bonds is 9. The van der Waals surface area contributed by atoms with Gasteiger partial charge in [0, 0.05) is 34.6 Å².